The first-order chi connectivity index (χ1) is 19.3. The molecule has 0 unspecified atom stereocenters. The highest BCUT2D eigenvalue weighted by Crippen LogP contribution is 2.32. The Hall–Kier alpha value is -4.79. The third-order valence-electron chi connectivity index (χ3n) is 5.69. The van der Waals surface area contributed by atoms with Crippen molar-refractivity contribution in [3.8, 4) is 17.2 Å². The predicted octanol–water partition coefficient (Wildman–Crippen LogP) is 7.03. The monoisotopic (exact) mass is 548 g/mol. The molecule has 0 atom stereocenters. The lowest BCUT2D eigenvalue weighted by Crippen LogP contribution is -2.22. The number of nitrogens with zero attached hydrogens (tertiary/aromatic N) is 1. The third-order valence-corrected chi connectivity index (χ3v) is 5.69. The van der Waals surface area contributed by atoms with E-state index in [2.05, 4.69) is 10.5 Å². The van der Waals surface area contributed by atoms with Gasteiger partial charge >= 0.3 is 6.18 Å². The predicted molar refractivity (Wildman–Crippen MR) is 146 cm³/mol. The van der Waals surface area contributed by atoms with Crippen molar-refractivity contribution in [1.29, 1.82) is 0 Å². The number of hydrogen-bond acceptors (Lipinski definition) is 5. The summed E-state index contributed by atoms with van der Waals surface area (Å²) in [5.41, 5.74) is 3.18. The second kappa shape index (κ2) is 13.3. The molecular formula is C31H27F3N2O4. The zero-order valence-electron chi connectivity index (χ0n) is 21.7. The molecule has 0 aliphatic heterocycles. The van der Waals surface area contributed by atoms with E-state index >= 15 is 0 Å². The quantitative estimate of drug-likeness (QED) is 0.161. The first-order valence-corrected chi connectivity index (χ1v) is 12.5. The second-order valence-corrected chi connectivity index (χ2v) is 8.59. The fourth-order valence-corrected chi connectivity index (χ4v) is 3.74. The van der Waals surface area contributed by atoms with Gasteiger partial charge in [0.05, 0.1) is 23.9 Å². The average Bonchev–Trinajstić information content (AvgIpc) is 2.96. The summed E-state index contributed by atoms with van der Waals surface area (Å²) in [5, 5.41) is 3.78. The number of halogens is 3. The van der Waals surface area contributed by atoms with Gasteiger partial charge in [0.15, 0.2) is 11.5 Å². The Morgan fingerprint density at radius 2 is 1.50 bits per heavy atom. The van der Waals surface area contributed by atoms with Gasteiger partial charge < -0.3 is 14.2 Å². The minimum absolute atomic E-state index is 0.293. The van der Waals surface area contributed by atoms with Gasteiger partial charge in [-0.05, 0) is 72.1 Å². The standard InChI is InChI=1S/C31H27F3N2O4/c1-2-38-29-18-24(14-17-28(29)40-20-23-8-4-3-5-9-23)21-39-25-15-12-22(13-16-25)19-35-36-30(37)26-10-6-7-11-27(26)31(32,33)34/h3-19H,2,20-21H2,1H3,(H,36,37)/b35-19+. The molecule has 1 N–H and O–H groups in total. The maximum absolute atomic E-state index is 13.1. The molecule has 0 radical (unpaired) electrons. The summed E-state index contributed by atoms with van der Waals surface area (Å²) in [6.07, 6.45) is -3.31. The lowest BCUT2D eigenvalue weighted by molar-refractivity contribution is -0.137. The van der Waals surface area contributed by atoms with Crippen molar-refractivity contribution in [2.45, 2.75) is 26.3 Å². The smallest absolute Gasteiger partial charge is 0.417 e. The molecule has 0 bridgehead atoms. The van der Waals surface area contributed by atoms with E-state index in [1.807, 2.05) is 55.5 Å². The summed E-state index contributed by atoms with van der Waals surface area (Å²) in [7, 11) is 0. The van der Waals surface area contributed by atoms with Gasteiger partial charge in [-0.15, -0.1) is 0 Å². The minimum atomic E-state index is -4.64. The number of amides is 1. The highest BCUT2D eigenvalue weighted by Gasteiger charge is 2.34. The molecule has 0 saturated heterocycles. The van der Waals surface area contributed by atoms with Crippen LogP contribution in [0.3, 0.4) is 0 Å². The van der Waals surface area contributed by atoms with Crippen molar-refractivity contribution >= 4 is 12.1 Å². The Kier molecular flexibility index (Phi) is 9.40. The van der Waals surface area contributed by atoms with Crippen LogP contribution in [-0.4, -0.2) is 18.7 Å². The fourth-order valence-electron chi connectivity index (χ4n) is 3.74. The molecule has 4 aromatic rings. The number of ether oxygens (including phenoxy) is 3. The summed E-state index contributed by atoms with van der Waals surface area (Å²) in [5.74, 6) is 0.924. The van der Waals surface area contributed by atoms with E-state index in [0.717, 1.165) is 23.3 Å². The highest BCUT2D eigenvalue weighted by molar-refractivity contribution is 5.96. The van der Waals surface area contributed by atoms with Crippen LogP contribution in [0.15, 0.2) is 102 Å². The minimum Gasteiger partial charge on any atom is -0.490 e. The molecule has 0 aromatic heterocycles. The van der Waals surface area contributed by atoms with Crippen molar-refractivity contribution in [3.05, 3.63) is 125 Å². The van der Waals surface area contributed by atoms with Crippen LogP contribution < -0.4 is 19.6 Å². The van der Waals surface area contributed by atoms with E-state index in [1.165, 1.54) is 18.3 Å². The first kappa shape index (κ1) is 28.2. The number of carbonyl (C=O) groups excluding carboxylic acids is 1. The first-order valence-electron chi connectivity index (χ1n) is 12.5. The molecule has 0 aliphatic carbocycles. The molecule has 4 rings (SSSR count). The van der Waals surface area contributed by atoms with E-state index in [-0.39, 0.29) is 0 Å². The Labute approximate surface area is 230 Å². The number of benzene rings is 4. The molecule has 9 heteroatoms. The van der Waals surface area contributed by atoms with Crippen molar-refractivity contribution in [2.75, 3.05) is 6.61 Å². The molecule has 0 heterocycles. The molecule has 0 aliphatic rings. The zero-order chi connectivity index (χ0) is 28.4. The normalized spacial score (nSPS) is 11.3. The second-order valence-electron chi connectivity index (χ2n) is 8.59. The molecule has 0 spiro atoms. The number of hydrazone groups is 1. The molecule has 0 saturated carbocycles. The van der Waals surface area contributed by atoms with Gasteiger partial charge in [0.25, 0.3) is 5.91 Å². The van der Waals surface area contributed by atoms with Crippen LogP contribution in [0, 0.1) is 0 Å². The average molecular weight is 549 g/mol. The van der Waals surface area contributed by atoms with E-state index in [4.69, 9.17) is 14.2 Å². The fraction of sp³-hybridized carbons (Fsp3) is 0.161. The maximum Gasteiger partial charge on any atom is 0.417 e. The molecule has 40 heavy (non-hydrogen) atoms. The van der Waals surface area contributed by atoms with Gasteiger partial charge in [-0.2, -0.15) is 18.3 Å². The van der Waals surface area contributed by atoms with Gasteiger partial charge in [0.1, 0.15) is 19.0 Å². The molecule has 206 valence electrons. The van der Waals surface area contributed by atoms with Crippen LogP contribution in [0.25, 0.3) is 0 Å². The Morgan fingerprint density at radius 3 is 2.23 bits per heavy atom. The molecular weight excluding hydrogens is 521 g/mol. The maximum atomic E-state index is 13.1. The SMILES string of the molecule is CCOc1cc(COc2ccc(/C=N/NC(=O)c3ccccc3C(F)(F)F)cc2)ccc1OCc1ccccc1. The zero-order valence-corrected chi connectivity index (χ0v) is 21.7. The van der Waals surface area contributed by atoms with Gasteiger partial charge in [-0.25, -0.2) is 5.43 Å². The lowest BCUT2D eigenvalue weighted by Gasteiger charge is -2.14. The van der Waals surface area contributed by atoms with E-state index in [0.29, 0.717) is 42.6 Å². The van der Waals surface area contributed by atoms with Crippen molar-refractivity contribution in [1.82, 2.24) is 5.43 Å². The number of hydrogen-bond donors (Lipinski definition) is 1. The Bertz CT molecular complexity index is 1440. The van der Waals surface area contributed by atoms with E-state index in [9.17, 15) is 18.0 Å². The molecule has 6 nitrogen and oxygen atoms in total. The summed E-state index contributed by atoms with van der Waals surface area (Å²) in [6, 6.07) is 26.9. The van der Waals surface area contributed by atoms with Gasteiger partial charge in [0, 0.05) is 0 Å². The van der Waals surface area contributed by atoms with Gasteiger partial charge in [-0.3, -0.25) is 4.79 Å². The topological polar surface area (TPSA) is 69.2 Å². The van der Waals surface area contributed by atoms with Crippen molar-refractivity contribution in [2.24, 2.45) is 5.10 Å². The Morgan fingerprint density at radius 1 is 0.800 bits per heavy atom. The largest absolute Gasteiger partial charge is 0.490 e. The van der Waals surface area contributed by atoms with Gasteiger partial charge in [0.2, 0.25) is 0 Å². The van der Waals surface area contributed by atoms with Crippen LogP contribution >= 0.6 is 0 Å². The van der Waals surface area contributed by atoms with E-state index in [1.54, 1.807) is 24.3 Å². The summed E-state index contributed by atoms with van der Waals surface area (Å²) in [4.78, 5) is 12.2. The van der Waals surface area contributed by atoms with Crippen LogP contribution in [0.2, 0.25) is 0 Å². The molecule has 4 aromatic carbocycles. The van der Waals surface area contributed by atoms with Crippen molar-refractivity contribution in [3.63, 3.8) is 0 Å². The van der Waals surface area contributed by atoms with E-state index < -0.39 is 23.2 Å². The number of carbonyl (C=O) groups is 1. The summed E-state index contributed by atoms with van der Waals surface area (Å²) >= 11 is 0. The number of alkyl halides is 3. The molecule has 0 fully saturated rings. The van der Waals surface area contributed by atoms with Crippen LogP contribution in [0.1, 0.15) is 39.5 Å². The Balaban J connectivity index is 1.31. The van der Waals surface area contributed by atoms with Crippen LogP contribution in [0.4, 0.5) is 13.2 Å². The third kappa shape index (κ3) is 7.86. The van der Waals surface area contributed by atoms with Crippen LogP contribution in [-0.2, 0) is 19.4 Å². The van der Waals surface area contributed by atoms with Crippen molar-refractivity contribution < 1.29 is 32.2 Å². The van der Waals surface area contributed by atoms with Crippen LogP contribution in [0.5, 0.6) is 17.2 Å². The summed E-state index contributed by atoms with van der Waals surface area (Å²) in [6.45, 7) is 3.12. The number of nitrogens with one attached hydrogen (secondary N) is 1. The summed E-state index contributed by atoms with van der Waals surface area (Å²) < 4.78 is 57.0. The number of rotatable bonds is 11. The van der Waals surface area contributed by atoms with Gasteiger partial charge in [-0.1, -0.05) is 48.5 Å². The molecule has 1 amide bonds. The highest BCUT2D eigenvalue weighted by atomic mass is 19.4. The lowest BCUT2D eigenvalue weighted by atomic mass is 10.1.